The van der Waals surface area contributed by atoms with E-state index in [0.29, 0.717) is 64.6 Å². The highest BCUT2D eigenvalue weighted by Crippen LogP contribution is 2.34. The molecular weight excluding hydrogens is 448 g/mol. The quantitative estimate of drug-likeness (QED) is 0.333. The minimum atomic E-state index is -0.343. The van der Waals surface area contributed by atoms with Crippen molar-refractivity contribution in [1.82, 2.24) is 9.80 Å². The molecule has 4 saturated heterocycles. The van der Waals surface area contributed by atoms with E-state index in [4.69, 9.17) is 18.9 Å². The van der Waals surface area contributed by atoms with Gasteiger partial charge < -0.3 is 28.7 Å². The lowest BCUT2D eigenvalue weighted by atomic mass is 10.0. The average Bonchev–Trinajstić information content (AvgIpc) is 3.65. The van der Waals surface area contributed by atoms with E-state index in [1.807, 2.05) is 58.0 Å². The monoisotopic (exact) mass is 484 g/mol. The molecule has 0 aromatic heterocycles. The van der Waals surface area contributed by atoms with Crippen molar-refractivity contribution >= 4 is 11.8 Å². The van der Waals surface area contributed by atoms with Gasteiger partial charge in [-0.05, 0) is 33.3 Å². The highest BCUT2D eigenvalue weighted by Gasteiger charge is 2.48. The molecule has 8 heteroatoms. The fraction of sp³-hybridized carbons (Fsp3) is 0.630. The van der Waals surface area contributed by atoms with Crippen molar-refractivity contribution in [2.45, 2.75) is 56.5 Å². The van der Waals surface area contributed by atoms with Crippen LogP contribution >= 0.6 is 0 Å². The summed E-state index contributed by atoms with van der Waals surface area (Å²) < 4.78 is 22.3. The number of benzene rings is 1. The summed E-state index contributed by atoms with van der Waals surface area (Å²) in [5.41, 5.74) is 0.0860. The number of hydrogen-bond acceptors (Lipinski definition) is 6. The van der Waals surface area contributed by atoms with Crippen LogP contribution in [0.5, 0.6) is 0 Å². The van der Waals surface area contributed by atoms with Crippen LogP contribution in [0.2, 0.25) is 0 Å². The van der Waals surface area contributed by atoms with Crippen LogP contribution < -0.4 is 0 Å². The van der Waals surface area contributed by atoms with Crippen molar-refractivity contribution in [3.05, 3.63) is 47.5 Å². The van der Waals surface area contributed by atoms with E-state index in [1.165, 1.54) is 6.08 Å². The summed E-state index contributed by atoms with van der Waals surface area (Å²) in [6.45, 7) is 12.4. The van der Waals surface area contributed by atoms with Crippen molar-refractivity contribution in [1.29, 1.82) is 0 Å². The van der Waals surface area contributed by atoms with Gasteiger partial charge in [-0.3, -0.25) is 9.59 Å². The normalized spacial score (nSPS) is 34.8. The van der Waals surface area contributed by atoms with Gasteiger partial charge in [0.15, 0.2) is 0 Å². The Hall–Kier alpha value is -2.26. The van der Waals surface area contributed by atoms with Crippen LogP contribution in [0.15, 0.2) is 42.0 Å². The maximum absolute atomic E-state index is 13.9. The molecule has 0 saturated carbocycles. The number of nitrogens with zero attached hydrogens (tertiary/aromatic N) is 2. The number of rotatable bonds is 12. The molecule has 4 fully saturated rings. The van der Waals surface area contributed by atoms with Crippen molar-refractivity contribution in [3.8, 4) is 0 Å². The Bertz CT molecular complexity index is 966. The molecule has 4 heterocycles. The first-order valence-electron chi connectivity index (χ1n) is 12.4. The molecular formula is C27H36N2O6. The number of hydrogen-bond donors (Lipinski definition) is 0. The fourth-order valence-corrected chi connectivity index (χ4v) is 4.33. The zero-order chi connectivity index (χ0) is 24.9. The summed E-state index contributed by atoms with van der Waals surface area (Å²) in [5.74, 6) is -0.348. The van der Waals surface area contributed by atoms with Crippen molar-refractivity contribution in [3.63, 3.8) is 0 Å². The molecule has 8 nitrogen and oxygen atoms in total. The summed E-state index contributed by atoms with van der Waals surface area (Å²) in [5, 5.41) is 0. The zero-order valence-corrected chi connectivity index (χ0v) is 21.2. The van der Waals surface area contributed by atoms with Gasteiger partial charge in [0, 0.05) is 18.1 Å². The predicted molar refractivity (Wildman–Crippen MR) is 129 cm³/mol. The molecule has 0 bridgehead atoms. The second kappa shape index (κ2) is 8.69. The molecule has 4 atom stereocenters. The van der Waals surface area contributed by atoms with Crippen molar-refractivity contribution in [2.24, 2.45) is 0 Å². The van der Waals surface area contributed by atoms with Crippen LogP contribution in [0.3, 0.4) is 0 Å². The molecule has 190 valence electrons. The topological polar surface area (TPSA) is 90.7 Å². The number of amides is 2. The molecule has 4 aliphatic heterocycles. The minimum Gasteiger partial charge on any atom is -0.368 e. The Balaban J connectivity index is 1.41. The first kappa shape index (κ1) is 24.4. The molecule has 35 heavy (non-hydrogen) atoms. The minimum absolute atomic E-state index is 0.154. The zero-order valence-electron chi connectivity index (χ0n) is 21.2. The van der Waals surface area contributed by atoms with Crippen LogP contribution in [-0.2, 0) is 35.0 Å². The maximum Gasteiger partial charge on any atom is 0.250 e. The van der Waals surface area contributed by atoms with Crippen LogP contribution in [-0.4, -0.2) is 96.6 Å². The summed E-state index contributed by atoms with van der Waals surface area (Å²) in [4.78, 5) is 31.1. The van der Waals surface area contributed by atoms with Crippen LogP contribution in [0.25, 0.3) is 0 Å². The predicted octanol–water partition coefficient (Wildman–Crippen LogP) is 1.97. The van der Waals surface area contributed by atoms with Gasteiger partial charge in [0.05, 0.1) is 52.6 Å². The van der Waals surface area contributed by atoms with Crippen molar-refractivity contribution < 1.29 is 28.5 Å². The van der Waals surface area contributed by atoms with Crippen LogP contribution in [0.4, 0.5) is 0 Å². The van der Waals surface area contributed by atoms with E-state index in [1.54, 1.807) is 9.80 Å². The van der Waals surface area contributed by atoms with Gasteiger partial charge in [-0.1, -0.05) is 30.3 Å². The second-order valence-corrected chi connectivity index (χ2v) is 11.6. The Kier molecular flexibility index (Phi) is 6.07. The molecule has 0 radical (unpaired) electrons. The highest BCUT2D eigenvalue weighted by molar-refractivity contribution is 6.01. The molecule has 5 rings (SSSR count). The van der Waals surface area contributed by atoms with E-state index >= 15 is 0 Å². The highest BCUT2D eigenvalue weighted by atomic mass is 16.6. The third kappa shape index (κ3) is 6.50. The second-order valence-electron chi connectivity index (χ2n) is 11.6. The first-order valence-corrected chi connectivity index (χ1v) is 12.4. The van der Waals surface area contributed by atoms with Crippen LogP contribution in [0.1, 0.15) is 33.3 Å². The summed E-state index contributed by atoms with van der Waals surface area (Å²) in [6.07, 6.45) is 1.89. The lowest BCUT2D eigenvalue weighted by molar-refractivity contribution is -0.130. The third-order valence-corrected chi connectivity index (χ3v) is 7.06. The number of epoxide rings is 4. The Labute approximate surface area is 207 Å². The molecule has 0 spiro atoms. The molecule has 0 aliphatic carbocycles. The van der Waals surface area contributed by atoms with Gasteiger partial charge >= 0.3 is 0 Å². The summed E-state index contributed by atoms with van der Waals surface area (Å²) in [6, 6.07) is 9.78. The Morgan fingerprint density at radius 3 is 1.54 bits per heavy atom. The van der Waals surface area contributed by atoms with Gasteiger partial charge in [0.25, 0.3) is 5.91 Å². The Morgan fingerprint density at radius 1 is 0.743 bits per heavy atom. The smallest absolute Gasteiger partial charge is 0.250 e. The van der Waals surface area contributed by atoms with Gasteiger partial charge in [0.2, 0.25) is 5.91 Å². The van der Waals surface area contributed by atoms with E-state index in [2.05, 4.69) is 0 Å². The average molecular weight is 485 g/mol. The van der Waals surface area contributed by atoms with E-state index in [-0.39, 0.29) is 34.2 Å². The molecule has 1 aromatic carbocycles. The summed E-state index contributed by atoms with van der Waals surface area (Å²) >= 11 is 0. The first-order chi connectivity index (χ1) is 16.5. The standard InChI is InChI=1S/C27H36N2O6/c1-24(16-32-24)12-28(13-25(2)17-33-25)22(30)11-21(10-20-8-6-5-7-9-20)23(31)29(14-26(3)18-34-26)15-27(4)19-35-27/h5-9,11H,10,12-19H2,1-4H3/b21-11-. The third-order valence-electron chi connectivity index (χ3n) is 7.06. The van der Waals surface area contributed by atoms with Gasteiger partial charge in [-0.25, -0.2) is 0 Å². The van der Waals surface area contributed by atoms with Crippen molar-refractivity contribution in [2.75, 3.05) is 52.6 Å². The Morgan fingerprint density at radius 2 is 1.14 bits per heavy atom. The lowest BCUT2D eigenvalue weighted by Gasteiger charge is -2.28. The fourth-order valence-electron chi connectivity index (χ4n) is 4.33. The largest absolute Gasteiger partial charge is 0.368 e. The van der Waals surface area contributed by atoms with Crippen LogP contribution in [0, 0.1) is 0 Å². The molecule has 2 amide bonds. The maximum atomic E-state index is 13.9. The number of carbonyl (C=O) groups excluding carboxylic acids is 2. The van der Waals surface area contributed by atoms with Gasteiger partial charge in [0.1, 0.15) is 22.4 Å². The molecule has 4 aliphatic rings. The SMILES string of the molecule is CC1(CN(CC2(C)CO2)C(=O)/C=C(/Cc2ccccc2)C(=O)N(CC2(C)CO2)CC2(C)CO2)CO1. The van der Waals surface area contributed by atoms with Gasteiger partial charge in [-0.15, -0.1) is 0 Å². The van der Waals surface area contributed by atoms with E-state index in [9.17, 15) is 9.59 Å². The molecule has 0 N–H and O–H groups in total. The van der Waals surface area contributed by atoms with E-state index < -0.39 is 0 Å². The summed E-state index contributed by atoms with van der Waals surface area (Å²) in [7, 11) is 0. The molecule has 4 unspecified atom stereocenters. The lowest BCUT2D eigenvalue weighted by Crippen LogP contribution is -2.45. The number of ether oxygens (including phenoxy) is 4. The van der Waals surface area contributed by atoms with E-state index in [0.717, 1.165) is 5.56 Å². The van der Waals surface area contributed by atoms with Gasteiger partial charge in [-0.2, -0.15) is 0 Å². The molecule has 1 aromatic rings. The number of carbonyl (C=O) groups is 2.